The molecule has 0 saturated heterocycles. The molecule has 0 aliphatic heterocycles. The summed E-state index contributed by atoms with van der Waals surface area (Å²) < 4.78 is 21.5. The summed E-state index contributed by atoms with van der Waals surface area (Å²) >= 11 is 6.48. The van der Waals surface area contributed by atoms with E-state index in [-0.39, 0.29) is 58.8 Å². The summed E-state index contributed by atoms with van der Waals surface area (Å²) in [5, 5.41) is 24.2. The fourth-order valence-corrected chi connectivity index (χ4v) is 13.1. The number of allylic oxidation sites excluding steroid dienone is 4. The Morgan fingerprint density at radius 2 is 1.75 bits per heavy atom. The third kappa shape index (κ3) is 5.67. The Kier molecular flexibility index (Phi) is 9.89. The first-order chi connectivity index (χ1) is 24.5. The number of carbonyl (C=O) groups excluding carboxylic acids is 2. The molecule has 0 aromatic heterocycles. The number of halogens is 2. The molecular weight excluding hydrogens is 677 g/mol. The fourth-order valence-electron chi connectivity index (χ4n) is 12.9. The summed E-state index contributed by atoms with van der Waals surface area (Å²) in [7, 11) is 0. The number of benzene rings is 1. The smallest absolute Gasteiger partial charge is 0.410 e. The molecule has 2 spiro atoms. The molecule has 11 atom stereocenters. The summed E-state index contributed by atoms with van der Waals surface area (Å²) in [5.74, 6) is 0.678. The van der Waals surface area contributed by atoms with E-state index < -0.39 is 33.8 Å². The number of carbonyl (C=O) groups is 2. The maximum absolute atomic E-state index is 15.2. The van der Waals surface area contributed by atoms with Crippen LogP contribution < -0.4 is 0 Å². The molecule has 7 aliphatic carbocycles. The second kappa shape index (κ2) is 13.5. The predicted molar refractivity (Wildman–Crippen MR) is 202 cm³/mol. The van der Waals surface area contributed by atoms with E-state index in [4.69, 9.17) is 16.3 Å². The molecule has 2 bridgehead atoms. The molecule has 0 radical (unpaired) electrons. The van der Waals surface area contributed by atoms with Gasteiger partial charge >= 0.3 is 6.09 Å². The maximum atomic E-state index is 15.2. The van der Waals surface area contributed by atoms with Crippen LogP contribution in [0.1, 0.15) is 118 Å². The lowest BCUT2D eigenvalue weighted by Gasteiger charge is -2.71. The van der Waals surface area contributed by atoms with Gasteiger partial charge in [-0.15, -0.1) is 0 Å². The Morgan fingerprint density at radius 1 is 1.04 bits per heavy atom. The van der Waals surface area contributed by atoms with Gasteiger partial charge in [0.2, 0.25) is 0 Å². The molecule has 1 aromatic rings. The summed E-state index contributed by atoms with van der Waals surface area (Å²) in [4.78, 5) is 30.6. The van der Waals surface area contributed by atoms with Crippen molar-refractivity contribution in [3.63, 3.8) is 0 Å². The molecule has 4 fully saturated rings. The van der Waals surface area contributed by atoms with Crippen molar-refractivity contribution in [3.8, 4) is 0 Å². The van der Waals surface area contributed by atoms with Gasteiger partial charge in [0.25, 0.3) is 0 Å². The van der Waals surface area contributed by atoms with Gasteiger partial charge in [-0.3, -0.25) is 4.79 Å². The first kappa shape index (κ1) is 38.1. The molecule has 1 aromatic carbocycles. The molecule has 8 heteroatoms. The van der Waals surface area contributed by atoms with Crippen LogP contribution in [-0.4, -0.2) is 57.9 Å². The average molecular weight is 738 g/mol. The van der Waals surface area contributed by atoms with Crippen molar-refractivity contribution in [2.75, 3.05) is 13.1 Å². The zero-order valence-corrected chi connectivity index (χ0v) is 33.0. The molecule has 52 heavy (non-hydrogen) atoms. The van der Waals surface area contributed by atoms with Crippen LogP contribution in [0.5, 0.6) is 0 Å². The van der Waals surface area contributed by atoms with E-state index in [9.17, 15) is 19.8 Å². The highest BCUT2D eigenvalue weighted by Gasteiger charge is 2.74. The van der Waals surface area contributed by atoms with E-state index in [1.807, 2.05) is 0 Å². The number of ketones is 1. The van der Waals surface area contributed by atoms with Crippen molar-refractivity contribution in [1.82, 2.24) is 4.90 Å². The summed E-state index contributed by atoms with van der Waals surface area (Å²) in [6.07, 6.45) is 14.4. The lowest BCUT2D eigenvalue weighted by molar-refractivity contribution is -0.178. The first-order valence-corrected chi connectivity index (χ1v) is 20.7. The summed E-state index contributed by atoms with van der Waals surface area (Å²) in [5.41, 5.74) is -2.20. The highest BCUT2D eigenvalue weighted by molar-refractivity contribution is 6.31. The summed E-state index contributed by atoms with van der Waals surface area (Å²) in [6, 6.07) is 4.53. The van der Waals surface area contributed by atoms with Gasteiger partial charge in [0.15, 0.2) is 5.78 Å². The van der Waals surface area contributed by atoms with Crippen molar-refractivity contribution < 1.29 is 28.9 Å². The standard InChI is InChI=1S/C44H61ClFNO5/c1-7-21-47(39(50)52-36-22-28(4)11-12-30(36)27(2)3)26-43(51)18-15-38-41(43,6)17-14-37-40(5)16-13-29(48)24-42(40)19-20-44(37,38)32(25-42)35(49)23-31-33(45)9-8-10-34(31)46/h8-10,19-20,25,27-30,36-38,48,51H,7,11-18,21-24,26H2,1-6H3/t28-,29?,30+,36-,37+,38+,40+,41-,42-,43+,44+/m0/s1. The maximum Gasteiger partial charge on any atom is 0.410 e. The number of ether oxygens (including phenoxy) is 1. The highest BCUT2D eigenvalue weighted by atomic mass is 35.5. The van der Waals surface area contributed by atoms with E-state index >= 15 is 4.39 Å². The van der Waals surface area contributed by atoms with Crippen LogP contribution in [0.3, 0.4) is 0 Å². The first-order valence-electron chi connectivity index (χ1n) is 20.3. The van der Waals surface area contributed by atoms with E-state index in [0.717, 1.165) is 51.4 Å². The van der Waals surface area contributed by atoms with E-state index in [0.29, 0.717) is 49.1 Å². The van der Waals surface area contributed by atoms with Crippen LogP contribution in [0.4, 0.5) is 9.18 Å². The molecule has 0 heterocycles. The minimum absolute atomic E-state index is 0.0720. The van der Waals surface area contributed by atoms with Gasteiger partial charge in [-0.2, -0.15) is 0 Å². The molecule has 286 valence electrons. The van der Waals surface area contributed by atoms with Gasteiger partial charge in [-0.1, -0.05) is 83.9 Å². The number of aliphatic hydroxyl groups excluding tert-OH is 1. The van der Waals surface area contributed by atoms with Crippen LogP contribution in [0.2, 0.25) is 5.02 Å². The second-order valence-electron chi connectivity index (χ2n) is 18.8. The topological polar surface area (TPSA) is 87.1 Å². The fraction of sp³-hybridized carbons (Fsp3) is 0.727. The van der Waals surface area contributed by atoms with E-state index in [2.05, 4.69) is 59.8 Å². The third-order valence-corrected chi connectivity index (χ3v) is 16.2. The largest absolute Gasteiger partial charge is 0.446 e. The molecule has 2 N–H and O–H groups in total. The number of hydrogen-bond acceptors (Lipinski definition) is 5. The molecule has 7 aliphatic rings. The number of Topliss-reactive ketones (excluding diaryl/α,β-unsaturated/α-hetero) is 1. The van der Waals surface area contributed by atoms with Crippen LogP contribution in [0, 0.1) is 57.1 Å². The average Bonchev–Trinajstić information content (AvgIpc) is 3.36. The van der Waals surface area contributed by atoms with Crippen molar-refractivity contribution in [2.24, 2.45) is 51.2 Å². The SMILES string of the molecule is CCCN(C[C@]1(O)CC[C@H]2[C@]34C=C[C@@]5(C=C3C(=O)Cc3c(F)cccc3Cl)CC(O)CC[C@]5(C)[C@H]4CC[C@@]21C)C(=O)O[C@H]1C[C@@H](C)CC[C@@H]1C(C)C. The van der Waals surface area contributed by atoms with Gasteiger partial charge in [-0.25, -0.2) is 9.18 Å². The lowest BCUT2D eigenvalue weighted by Crippen LogP contribution is -2.67. The molecule has 8 rings (SSSR count). The lowest BCUT2D eigenvalue weighted by atomic mass is 9.32. The molecule has 6 nitrogen and oxygen atoms in total. The minimum atomic E-state index is -1.19. The van der Waals surface area contributed by atoms with Crippen LogP contribution >= 0.6 is 11.6 Å². The van der Waals surface area contributed by atoms with E-state index in [1.165, 1.54) is 6.07 Å². The van der Waals surface area contributed by atoms with Crippen molar-refractivity contribution >= 4 is 23.5 Å². The number of amides is 1. The Morgan fingerprint density at radius 3 is 2.46 bits per heavy atom. The van der Waals surface area contributed by atoms with Gasteiger partial charge < -0.3 is 19.8 Å². The zero-order chi connectivity index (χ0) is 37.4. The van der Waals surface area contributed by atoms with Gasteiger partial charge in [0, 0.05) is 45.4 Å². The van der Waals surface area contributed by atoms with Gasteiger partial charge in [0.1, 0.15) is 11.9 Å². The van der Waals surface area contributed by atoms with Gasteiger partial charge in [0.05, 0.1) is 18.2 Å². The third-order valence-electron chi connectivity index (χ3n) is 15.8. The Labute approximate surface area is 315 Å². The van der Waals surface area contributed by atoms with Crippen LogP contribution in [0.25, 0.3) is 0 Å². The Bertz CT molecular complexity index is 1620. The number of fused-ring (bicyclic) bond motifs is 1. The Hall–Kier alpha value is -2.22. The van der Waals surface area contributed by atoms with Crippen molar-refractivity contribution in [1.29, 1.82) is 0 Å². The monoisotopic (exact) mass is 737 g/mol. The van der Waals surface area contributed by atoms with Gasteiger partial charge in [-0.05, 0) is 111 Å². The molecular formula is C44H61ClFNO5. The van der Waals surface area contributed by atoms with E-state index in [1.54, 1.807) is 17.0 Å². The van der Waals surface area contributed by atoms with Crippen molar-refractivity contribution in [2.45, 2.75) is 136 Å². The number of hydrogen-bond donors (Lipinski definition) is 2. The second-order valence-corrected chi connectivity index (χ2v) is 19.2. The summed E-state index contributed by atoms with van der Waals surface area (Å²) in [6.45, 7) is 14.0. The minimum Gasteiger partial charge on any atom is -0.446 e. The molecule has 1 unspecified atom stereocenters. The number of nitrogens with zero attached hydrogens (tertiary/aromatic N) is 1. The van der Waals surface area contributed by atoms with Crippen molar-refractivity contribution in [3.05, 3.63) is 58.4 Å². The number of aliphatic hydroxyl groups is 2. The zero-order valence-electron chi connectivity index (χ0n) is 32.2. The highest BCUT2D eigenvalue weighted by Crippen LogP contribution is 2.78. The van der Waals surface area contributed by atoms with Crippen LogP contribution in [0.15, 0.2) is 42.0 Å². The predicted octanol–water partition coefficient (Wildman–Crippen LogP) is 9.49. The van der Waals surface area contributed by atoms with Crippen LogP contribution in [-0.2, 0) is 16.0 Å². The number of rotatable bonds is 9. The normalized spacial score (nSPS) is 41.9. The Balaban J connectivity index is 1.24. The molecule has 1 amide bonds. The molecule has 4 saturated carbocycles. The quantitative estimate of drug-likeness (QED) is 0.247.